The molecule has 8 heteroatoms. The molecule has 0 bridgehead atoms. The molecule has 0 unspecified atom stereocenters. The van der Waals surface area contributed by atoms with Gasteiger partial charge < -0.3 is 15.4 Å². The smallest absolute Gasteiger partial charge is 0.274 e. The topological polar surface area (TPSA) is 76.1 Å². The standard InChI is InChI=1S/C18H14Cl2N4O2/c1-26-16-7-6-11(19)10-15(16)22-17(25)14-8-9-21-18(24-14)23-13-5-3-2-4-12(13)20/h2-10H,1H3,(H,22,25)(H,21,23,24). The van der Waals surface area contributed by atoms with Gasteiger partial charge in [-0.25, -0.2) is 9.97 Å². The molecule has 0 aliphatic rings. The molecule has 3 aromatic rings. The highest BCUT2D eigenvalue weighted by molar-refractivity contribution is 6.33. The van der Waals surface area contributed by atoms with Crippen molar-refractivity contribution in [2.24, 2.45) is 0 Å². The summed E-state index contributed by atoms with van der Waals surface area (Å²) in [5.41, 5.74) is 1.27. The van der Waals surface area contributed by atoms with E-state index in [1.54, 1.807) is 30.3 Å². The number of halogens is 2. The molecular formula is C18H14Cl2N4O2. The Balaban J connectivity index is 1.81. The zero-order valence-corrected chi connectivity index (χ0v) is 15.2. The third-order valence-corrected chi connectivity index (χ3v) is 3.98. The second kappa shape index (κ2) is 8.03. The molecule has 1 heterocycles. The van der Waals surface area contributed by atoms with E-state index in [-0.39, 0.29) is 11.6 Å². The van der Waals surface area contributed by atoms with E-state index in [2.05, 4.69) is 20.6 Å². The lowest BCUT2D eigenvalue weighted by atomic mass is 10.2. The molecule has 2 aromatic carbocycles. The van der Waals surface area contributed by atoms with Crippen LogP contribution in [0.1, 0.15) is 10.5 Å². The van der Waals surface area contributed by atoms with Crippen LogP contribution in [0.3, 0.4) is 0 Å². The highest BCUT2D eigenvalue weighted by Gasteiger charge is 2.13. The average Bonchev–Trinajstić information content (AvgIpc) is 2.64. The van der Waals surface area contributed by atoms with Gasteiger partial charge in [0.25, 0.3) is 5.91 Å². The number of anilines is 3. The van der Waals surface area contributed by atoms with E-state index in [4.69, 9.17) is 27.9 Å². The van der Waals surface area contributed by atoms with Crippen LogP contribution in [0.2, 0.25) is 10.0 Å². The van der Waals surface area contributed by atoms with Crippen LogP contribution in [0, 0.1) is 0 Å². The molecule has 0 saturated heterocycles. The van der Waals surface area contributed by atoms with Gasteiger partial charge in [0.1, 0.15) is 11.4 Å². The monoisotopic (exact) mass is 388 g/mol. The zero-order chi connectivity index (χ0) is 18.5. The summed E-state index contributed by atoms with van der Waals surface area (Å²) in [5.74, 6) is 0.324. The van der Waals surface area contributed by atoms with E-state index in [1.807, 2.05) is 12.1 Å². The third-order valence-electron chi connectivity index (χ3n) is 3.42. The van der Waals surface area contributed by atoms with Gasteiger partial charge in [0, 0.05) is 11.2 Å². The molecule has 1 amide bonds. The normalized spacial score (nSPS) is 10.3. The van der Waals surface area contributed by atoms with Crippen molar-refractivity contribution in [1.82, 2.24) is 9.97 Å². The summed E-state index contributed by atoms with van der Waals surface area (Å²) < 4.78 is 5.22. The third kappa shape index (κ3) is 4.22. The number of aromatic nitrogens is 2. The van der Waals surface area contributed by atoms with E-state index in [1.165, 1.54) is 19.4 Å². The van der Waals surface area contributed by atoms with Crippen LogP contribution >= 0.6 is 23.2 Å². The van der Waals surface area contributed by atoms with Crippen LogP contribution in [-0.4, -0.2) is 23.0 Å². The van der Waals surface area contributed by atoms with Gasteiger partial charge in [-0.2, -0.15) is 0 Å². The van der Waals surface area contributed by atoms with Crippen LogP contribution in [0.5, 0.6) is 5.75 Å². The summed E-state index contributed by atoms with van der Waals surface area (Å²) in [4.78, 5) is 20.8. The molecule has 26 heavy (non-hydrogen) atoms. The molecule has 1 aromatic heterocycles. The molecular weight excluding hydrogens is 375 g/mol. The maximum Gasteiger partial charge on any atom is 0.274 e. The highest BCUT2D eigenvalue weighted by atomic mass is 35.5. The quantitative estimate of drug-likeness (QED) is 0.656. The largest absolute Gasteiger partial charge is 0.495 e. The molecule has 6 nitrogen and oxygen atoms in total. The van der Waals surface area contributed by atoms with Crippen molar-refractivity contribution < 1.29 is 9.53 Å². The predicted octanol–water partition coefficient (Wildman–Crippen LogP) is 4.79. The van der Waals surface area contributed by atoms with E-state index in [9.17, 15) is 4.79 Å². The molecule has 2 N–H and O–H groups in total. The summed E-state index contributed by atoms with van der Waals surface area (Å²) in [6.45, 7) is 0. The SMILES string of the molecule is COc1ccc(Cl)cc1NC(=O)c1ccnc(Nc2ccccc2Cl)n1. The number of rotatable bonds is 5. The Hall–Kier alpha value is -2.83. The Labute approximate surface area is 160 Å². The number of para-hydroxylation sites is 1. The predicted molar refractivity (Wildman–Crippen MR) is 103 cm³/mol. The van der Waals surface area contributed by atoms with Crippen molar-refractivity contribution in [1.29, 1.82) is 0 Å². The summed E-state index contributed by atoms with van der Waals surface area (Å²) in [6.07, 6.45) is 1.48. The molecule has 0 fully saturated rings. The number of nitrogens with zero attached hydrogens (tertiary/aromatic N) is 2. The van der Waals surface area contributed by atoms with Crippen molar-refractivity contribution in [2.45, 2.75) is 0 Å². The first-order valence-electron chi connectivity index (χ1n) is 7.56. The van der Waals surface area contributed by atoms with Crippen molar-refractivity contribution in [2.75, 3.05) is 17.7 Å². The Kier molecular flexibility index (Phi) is 5.55. The molecule has 132 valence electrons. The second-order valence-electron chi connectivity index (χ2n) is 5.17. The summed E-state index contributed by atoms with van der Waals surface area (Å²) in [5, 5.41) is 6.71. The van der Waals surface area contributed by atoms with E-state index >= 15 is 0 Å². The van der Waals surface area contributed by atoms with Crippen molar-refractivity contribution in [3.8, 4) is 5.75 Å². The number of hydrogen-bond acceptors (Lipinski definition) is 5. The average molecular weight is 389 g/mol. The number of amides is 1. The Morgan fingerprint density at radius 2 is 1.88 bits per heavy atom. The fourth-order valence-corrected chi connectivity index (χ4v) is 2.55. The van der Waals surface area contributed by atoms with E-state index < -0.39 is 5.91 Å². The minimum absolute atomic E-state index is 0.177. The second-order valence-corrected chi connectivity index (χ2v) is 6.01. The number of nitrogens with one attached hydrogen (secondary N) is 2. The number of carbonyl (C=O) groups is 1. The lowest BCUT2D eigenvalue weighted by Gasteiger charge is -2.11. The van der Waals surface area contributed by atoms with Gasteiger partial charge in [-0.05, 0) is 36.4 Å². The Morgan fingerprint density at radius 1 is 1.08 bits per heavy atom. The lowest BCUT2D eigenvalue weighted by molar-refractivity contribution is 0.102. The van der Waals surface area contributed by atoms with E-state index in [0.29, 0.717) is 27.2 Å². The Morgan fingerprint density at radius 3 is 2.65 bits per heavy atom. The van der Waals surface area contributed by atoms with Crippen molar-refractivity contribution in [3.05, 3.63) is 70.5 Å². The van der Waals surface area contributed by atoms with E-state index in [0.717, 1.165) is 0 Å². The summed E-state index contributed by atoms with van der Waals surface area (Å²) in [6, 6.07) is 13.6. The molecule has 0 aliphatic carbocycles. The van der Waals surface area contributed by atoms with Gasteiger partial charge >= 0.3 is 0 Å². The van der Waals surface area contributed by atoms with Crippen LogP contribution in [0.15, 0.2) is 54.7 Å². The first kappa shape index (κ1) is 18.0. The summed E-state index contributed by atoms with van der Waals surface area (Å²) >= 11 is 12.1. The van der Waals surface area contributed by atoms with Gasteiger partial charge in [0.15, 0.2) is 0 Å². The number of methoxy groups -OCH3 is 1. The Bertz CT molecular complexity index is 950. The molecule has 0 aliphatic heterocycles. The lowest BCUT2D eigenvalue weighted by Crippen LogP contribution is -2.15. The minimum Gasteiger partial charge on any atom is -0.495 e. The zero-order valence-electron chi connectivity index (χ0n) is 13.7. The maximum atomic E-state index is 12.5. The van der Waals surface area contributed by atoms with Gasteiger partial charge in [0.05, 0.1) is 23.5 Å². The van der Waals surface area contributed by atoms with Crippen molar-refractivity contribution in [3.63, 3.8) is 0 Å². The van der Waals surface area contributed by atoms with Gasteiger partial charge in [-0.3, -0.25) is 4.79 Å². The first-order chi connectivity index (χ1) is 12.6. The number of hydrogen-bond donors (Lipinski definition) is 2. The highest BCUT2D eigenvalue weighted by Crippen LogP contribution is 2.28. The van der Waals surface area contributed by atoms with Crippen molar-refractivity contribution >= 4 is 46.4 Å². The minimum atomic E-state index is -0.421. The molecule has 0 spiro atoms. The van der Waals surface area contributed by atoms with Gasteiger partial charge in [0.2, 0.25) is 5.95 Å². The van der Waals surface area contributed by atoms with Crippen LogP contribution in [0.25, 0.3) is 0 Å². The maximum absolute atomic E-state index is 12.5. The van der Waals surface area contributed by atoms with Crippen LogP contribution in [0.4, 0.5) is 17.3 Å². The number of ether oxygens (including phenoxy) is 1. The van der Waals surface area contributed by atoms with Gasteiger partial charge in [-0.1, -0.05) is 35.3 Å². The van der Waals surface area contributed by atoms with Crippen LogP contribution in [-0.2, 0) is 0 Å². The van der Waals surface area contributed by atoms with Crippen LogP contribution < -0.4 is 15.4 Å². The fraction of sp³-hybridized carbons (Fsp3) is 0.0556. The van der Waals surface area contributed by atoms with Gasteiger partial charge in [-0.15, -0.1) is 0 Å². The molecule has 0 saturated carbocycles. The fourth-order valence-electron chi connectivity index (χ4n) is 2.19. The summed E-state index contributed by atoms with van der Waals surface area (Å²) in [7, 11) is 1.51. The number of benzene rings is 2. The number of carbonyl (C=O) groups excluding carboxylic acids is 1. The molecule has 0 radical (unpaired) electrons. The molecule has 3 rings (SSSR count). The first-order valence-corrected chi connectivity index (χ1v) is 8.32. The molecule has 0 atom stereocenters.